The van der Waals surface area contributed by atoms with E-state index in [0.717, 1.165) is 28.2 Å². The molecule has 0 spiro atoms. The van der Waals surface area contributed by atoms with Gasteiger partial charge in [-0.05, 0) is 28.3 Å². The van der Waals surface area contributed by atoms with E-state index in [1.807, 2.05) is 58.4 Å². The molecule has 0 saturated carbocycles. The molecule has 24 N–H and O–H groups in total. The Balaban J connectivity index is 1.67. The molecule has 4 aromatic rings. The number of carbonyl (C=O) groups excluding carboxylic acids is 6. The average molecular weight is 1040 g/mol. The second-order valence-corrected chi connectivity index (χ2v) is 15.3. The van der Waals surface area contributed by atoms with Crippen LogP contribution in [0.15, 0.2) is 123 Å². The number of aliphatic hydroxyl groups excluding tert-OH is 1. The number of benzene rings is 4. The molecule has 4 rings (SSSR count). The van der Waals surface area contributed by atoms with Crippen LogP contribution < -0.4 is 83.1 Å². The number of primary amides is 1. The van der Waals surface area contributed by atoms with Crippen LogP contribution >= 0.6 is 0 Å². The van der Waals surface area contributed by atoms with Crippen molar-refractivity contribution < 1.29 is 43.7 Å². The molecule has 0 aliphatic rings. The molecule has 6 unspecified atom stereocenters. The minimum absolute atomic E-state index is 0.00615. The first-order valence-corrected chi connectivity index (χ1v) is 21.3. The van der Waals surface area contributed by atoms with Crippen LogP contribution in [0.5, 0.6) is 0 Å². The van der Waals surface area contributed by atoms with Crippen LogP contribution in [0.2, 0.25) is 0 Å². The molecule has 0 fully saturated rings. The molecule has 394 valence electrons. The predicted octanol–water partition coefficient (Wildman–Crippen LogP) is -4.80. The summed E-state index contributed by atoms with van der Waals surface area (Å²) in [5.41, 5.74) is 48.9. The van der Waals surface area contributed by atoms with Crippen LogP contribution in [-0.2, 0) is 35.3 Å². The van der Waals surface area contributed by atoms with Crippen LogP contribution in [0.1, 0.15) is 28.3 Å². The zero-order valence-electron chi connectivity index (χ0n) is 39.0. The highest BCUT2D eigenvalue weighted by Gasteiger charge is 2.36. The first-order valence-electron chi connectivity index (χ1n) is 21.3. The minimum Gasteiger partial charge on any atom is -0.370 e. The fourth-order valence-corrected chi connectivity index (χ4v) is 6.40. The van der Waals surface area contributed by atoms with Crippen molar-refractivity contribution in [2.45, 2.75) is 43.5 Å². The monoisotopic (exact) mass is 1040 g/mol. The molecular weight excluding hydrogens is 987 g/mol. The van der Waals surface area contributed by atoms with Gasteiger partial charge in [0.1, 0.15) is 11.7 Å². The Morgan fingerprint density at radius 2 is 0.960 bits per heavy atom. The third kappa shape index (κ3) is 17.2. The number of nitrogens with two attached hydrogens (primary N) is 9. The molecule has 4 aromatic carbocycles. The summed E-state index contributed by atoms with van der Waals surface area (Å²) in [6.07, 6.45) is -7.18. The normalized spacial score (nSPS) is 13.0. The molecule has 32 heteroatoms. The van der Waals surface area contributed by atoms with Crippen molar-refractivity contribution in [2.24, 2.45) is 71.6 Å². The SMILES string of the molecule is NC(=O)C(N=C(N)N)NC(=O)C(N=C(N)N)NC(=O)C(N=C(N)N)NC(=O)C(N=C(N)N)NC(=O)C(NC(=O)C(O)N(Cc1ccc(C=Cc2ccccc2)cc1)c1ccc([N+](=O)[O-])cc1[N+](=O)[O-])c1ccccc1. The number of carbonyl (C=O) groups is 6. The molecule has 0 aliphatic heterocycles. The molecule has 0 radical (unpaired) electrons. The van der Waals surface area contributed by atoms with E-state index in [0.29, 0.717) is 11.6 Å². The lowest BCUT2D eigenvalue weighted by molar-refractivity contribution is -0.393. The van der Waals surface area contributed by atoms with Crippen LogP contribution in [0.25, 0.3) is 12.2 Å². The summed E-state index contributed by atoms with van der Waals surface area (Å²) in [5, 5.41) is 46.4. The third-order valence-electron chi connectivity index (χ3n) is 9.73. The lowest BCUT2D eigenvalue weighted by Crippen LogP contribution is -2.58. The molecule has 75 heavy (non-hydrogen) atoms. The van der Waals surface area contributed by atoms with Gasteiger partial charge < -0.3 is 88.2 Å². The number of amides is 6. The van der Waals surface area contributed by atoms with E-state index in [4.69, 9.17) is 51.6 Å². The van der Waals surface area contributed by atoms with Crippen molar-refractivity contribution in [1.29, 1.82) is 0 Å². The Bertz CT molecular complexity index is 2900. The van der Waals surface area contributed by atoms with Crippen LogP contribution in [0, 0.1) is 20.2 Å². The number of anilines is 1. The van der Waals surface area contributed by atoms with E-state index in [1.165, 1.54) is 24.3 Å². The smallest absolute Gasteiger partial charge is 0.299 e. The summed E-state index contributed by atoms with van der Waals surface area (Å²) in [6.45, 7) is -0.432. The van der Waals surface area contributed by atoms with E-state index in [-0.39, 0.29) is 5.56 Å². The van der Waals surface area contributed by atoms with Gasteiger partial charge in [0.15, 0.2) is 23.8 Å². The van der Waals surface area contributed by atoms with Crippen molar-refractivity contribution in [1.82, 2.24) is 26.6 Å². The summed E-state index contributed by atoms with van der Waals surface area (Å²) < 4.78 is 0. The van der Waals surface area contributed by atoms with Crippen molar-refractivity contribution in [3.63, 3.8) is 0 Å². The van der Waals surface area contributed by atoms with Gasteiger partial charge in [-0.15, -0.1) is 0 Å². The highest BCUT2D eigenvalue weighted by Crippen LogP contribution is 2.34. The molecule has 0 aliphatic carbocycles. The standard InChI is InChI=1S/C43H51N21O11/c44-29(65)30(58-40(45)46)54-35(67)32(60-42(49)50)56-37(69)33(61-43(51)52)57-36(68)31(59-41(47)48)55-34(66)28(24-9-5-2-6-10-24)53-38(70)39(71)62(26-18-17-25(63(72)73)19-27(26)64(74)75)20-23-15-13-22(14-16-23)12-11-21-7-3-1-4-8-21/h1-19,28,30-33,39,71H,20H2,(H2,44,65)(H,53,70)(H,54,67)(H,55,66)(H,56,69)(H,57,68)(H4,45,46,58)(H4,47,48,59)(H4,49,50,60)(H4,51,52,61). The predicted molar refractivity (Wildman–Crippen MR) is 271 cm³/mol. The largest absolute Gasteiger partial charge is 0.370 e. The van der Waals surface area contributed by atoms with E-state index in [1.54, 1.807) is 30.3 Å². The Labute approximate surface area is 423 Å². The Morgan fingerprint density at radius 3 is 1.40 bits per heavy atom. The van der Waals surface area contributed by atoms with E-state index in [9.17, 15) is 54.1 Å². The van der Waals surface area contributed by atoms with Crippen molar-refractivity contribution in [3.05, 3.63) is 146 Å². The van der Waals surface area contributed by atoms with Gasteiger partial charge in [0.25, 0.3) is 40.9 Å². The van der Waals surface area contributed by atoms with Gasteiger partial charge in [-0.3, -0.25) is 49.0 Å². The number of guanidine groups is 4. The van der Waals surface area contributed by atoms with Gasteiger partial charge >= 0.3 is 0 Å². The minimum atomic E-state index is -2.39. The summed E-state index contributed by atoms with van der Waals surface area (Å²) in [6, 6.07) is 23.8. The van der Waals surface area contributed by atoms with Gasteiger partial charge in [-0.1, -0.05) is 97.1 Å². The molecule has 0 heterocycles. The number of nitro benzene ring substituents is 2. The van der Waals surface area contributed by atoms with Crippen molar-refractivity contribution in [2.75, 3.05) is 4.90 Å². The molecule has 6 atom stereocenters. The fourth-order valence-electron chi connectivity index (χ4n) is 6.40. The van der Waals surface area contributed by atoms with Crippen molar-refractivity contribution >= 4 is 88.5 Å². The van der Waals surface area contributed by atoms with Gasteiger partial charge in [-0.2, -0.15) is 0 Å². The maximum Gasteiger partial charge on any atom is 0.299 e. The Hall–Kier alpha value is -10.9. The van der Waals surface area contributed by atoms with Gasteiger partial charge in [0.05, 0.1) is 15.9 Å². The highest BCUT2D eigenvalue weighted by molar-refractivity contribution is 5.99. The summed E-state index contributed by atoms with van der Waals surface area (Å²) in [7, 11) is 0. The number of nitro groups is 2. The van der Waals surface area contributed by atoms with Crippen molar-refractivity contribution in [3.8, 4) is 0 Å². The fraction of sp³-hybridized carbons (Fsp3) is 0.163. The number of hydrogen-bond acceptors (Lipinski definition) is 16. The Morgan fingerprint density at radius 1 is 0.533 bits per heavy atom. The van der Waals surface area contributed by atoms with E-state index < -0.39 is 130 Å². The molecule has 32 nitrogen and oxygen atoms in total. The number of hydrogen-bond donors (Lipinski definition) is 15. The number of non-ortho nitro benzene ring substituents is 1. The van der Waals surface area contributed by atoms with E-state index in [2.05, 4.69) is 30.6 Å². The lowest BCUT2D eigenvalue weighted by atomic mass is 10.1. The quantitative estimate of drug-likeness (QED) is 0.00782. The first kappa shape index (κ1) is 56.7. The second kappa shape index (κ2) is 26.3. The number of aliphatic imine (C=N–C) groups is 4. The molecule has 0 bridgehead atoms. The summed E-state index contributed by atoms with van der Waals surface area (Å²) in [4.78, 5) is 118. The number of rotatable bonds is 24. The first-order chi connectivity index (χ1) is 35.4. The van der Waals surface area contributed by atoms with Crippen LogP contribution in [0.3, 0.4) is 0 Å². The zero-order valence-corrected chi connectivity index (χ0v) is 39.0. The topological polar surface area (TPSA) is 556 Å². The second-order valence-electron chi connectivity index (χ2n) is 15.3. The zero-order chi connectivity index (χ0) is 55.5. The average Bonchev–Trinajstić information content (AvgIpc) is 3.35. The van der Waals surface area contributed by atoms with Crippen LogP contribution in [-0.4, -0.2) is 105 Å². The molecular formula is C43H51N21O11. The number of aliphatic hydroxyl groups is 1. The van der Waals surface area contributed by atoms with Gasteiger partial charge in [0.2, 0.25) is 36.8 Å². The van der Waals surface area contributed by atoms with Gasteiger partial charge in [0, 0.05) is 12.6 Å². The molecule has 0 saturated heterocycles. The van der Waals surface area contributed by atoms with E-state index >= 15 is 0 Å². The lowest BCUT2D eigenvalue weighted by Gasteiger charge is -2.30. The number of nitrogens with one attached hydrogen (secondary N) is 5. The maximum atomic E-state index is 14.3. The summed E-state index contributed by atoms with van der Waals surface area (Å²) in [5.74, 6) is -11.3. The van der Waals surface area contributed by atoms with Crippen LogP contribution in [0.4, 0.5) is 17.1 Å². The number of nitrogens with zero attached hydrogens (tertiary/aromatic N) is 7. The Kier molecular flexibility index (Phi) is 19.9. The maximum absolute atomic E-state index is 14.3. The molecule has 6 amide bonds. The molecule has 0 aromatic heterocycles. The highest BCUT2D eigenvalue weighted by atomic mass is 16.6. The summed E-state index contributed by atoms with van der Waals surface area (Å²) >= 11 is 0. The third-order valence-corrected chi connectivity index (χ3v) is 9.73. The van der Waals surface area contributed by atoms with Gasteiger partial charge in [-0.25, -0.2) is 20.0 Å².